The van der Waals surface area contributed by atoms with Crippen molar-refractivity contribution in [3.63, 3.8) is 0 Å². The number of hydrogen-bond acceptors (Lipinski definition) is 3. The first-order valence-corrected chi connectivity index (χ1v) is 5.10. The van der Waals surface area contributed by atoms with Crippen LogP contribution < -0.4 is 21.5 Å². The summed E-state index contributed by atoms with van der Waals surface area (Å²) in [5.74, 6) is -0.133. The number of ether oxygens (including phenoxy) is 1. The van der Waals surface area contributed by atoms with E-state index in [0.717, 1.165) is 5.01 Å². The Balaban J connectivity index is 0.000000980. The van der Waals surface area contributed by atoms with E-state index in [0.29, 0.717) is 6.54 Å². The molecule has 0 bridgehead atoms. The SMILES string of the molecule is Cc1sc2[n+](c1C)CC(=O)OC2C.[Br-]. The molecule has 1 atom stereocenters. The second kappa shape index (κ2) is 3.98. The molecule has 14 heavy (non-hydrogen) atoms. The first kappa shape index (κ1) is 11.7. The molecule has 1 aromatic rings. The maximum absolute atomic E-state index is 11.2. The number of cyclic esters (lactones) is 1. The van der Waals surface area contributed by atoms with Gasteiger partial charge in [-0.25, -0.2) is 4.79 Å². The van der Waals surface area contributed by atoms with E-state index in [1.165, 1.54) is 10.6 Å². The van der Waals surface area contributed by atoms with Crippen molar-refractivity contribution in [3.05, 3.63) is 15.6 Å². The van der Waals surface area contributed by atoms with Gasteiger partial charge in [0.2, 0.25) is 6.54 Å². The zero-order valence-corrected chi connectivity index (χ0v) is 10.7. The number of carbonyl (C=O) groups is 1. The molecule has 1 aromatic heterocycles. The molecule has 2 rings (SSSR count). The molecule has 1 aliphatic rings. The van der Waals surface area contributed by atoms with E-state index in [2.05, 4.69) is 11.5 Å². The van der Waals surface area contributed by atoms with E-state index in [9.17, 15) is 4.79 Å². The molecule has 0 N–H and O–H groups in total. The summed E-state index contributed by atoms with van der Waals surface area (Å²) in [5, 5.41) is 1.15. The highest BCUT2D eigenvalue weighted by molar-refractivity contribution is 7.11. The van der Waals surface area contributed by atoms with Crippen LogP contribution in [0.5, 0.6) is 0 Å². The van der Waals surface area contributed by atoms with Crippen LogP contribution in [0.1, 0.15) is 28.6 Å². The summed E-state index contributed by atoms with van der Waals surface area (Å²) in [4.78, 5) is 12.4. The van der Waals surface area contributed by atoms with E-state index < -0.39 is 0 Å². The first-order valence-electron chi connectivity index (χ1n) is 4.29. The number of nitrogens with zero attached hydrogens (tertiary/aromatic N) is 1. The molecule has 0 radical (unpaired) electrons. The second-order valence-electron chi connectivity index (χ2n) is 3.30. The average molecular weight is 278 g/mol. The van der Waals surface area contributed by atoms with E-state index in [1.54, 1.807) is 11.3 Å². The predicted molar refractivity (Wildman–Crippen MR) is 48.5 cm³/mol. The molecule has 3 nitrogen and oxygen atoms in total. The van der Waals surface area contributed by atoms with Crippen LogP contribution in [0.15, 0.2) is 0 Å². The molecule has 0 spiro atoms. The molecule has 0 saturated carbocycles. The minimum absolute atomic E-state index is 0. The summed E-state index contributed by atoms with van der Waals surface area (Å²) in [6.07, 6.45) is -0.0846. The van der Waals surface area contributed by atoms with Crippen LogP contribution >= 0.6 is 11.3 Å². The molecule has 0 amide bonds. The van der Waals surface area contributed by atoms with Crippen molar-refractivity contribution in [1.82, 2.24) is 0 Å². The van der Waals surface area contributed by atoms with Crippen molar-refractivity contribution >= 4 is 17.3 Å². The Hall–Kier alpha value is -0.420. The van der Waals surface area contributed by atoms with E-state index in [4.69, 9.17) is 4.74 Å². The number of thiazole rings is 1. The number of aromatic nitrogens is 1. The standard InChI is InChI=1S/C9H12NO2S.BrH/c1-5-7(3)13-9-6(2)12-8(11)4-10(5)9;/h6H,4H2,1-3H3;1H/q+1;/p-1. The normalized spacial score (nSPS) is 19.6. The average Bonchev–Trinajstić information content (AvgIpc) is 2.32. The van der Waals surface area contributed by atoms with Gasteiger partial charge in [-0.3, -0.25) is 0 Å². The van der Waals surface area contributed by atoms with Gasteiger partial charge >= 0.3 is 5.97 Å². The van der Waals surface area contributed by atoms with Crippen molar-refractivity contribution in [2.45, 2.75) is 33.4 Å². The van der Waals surface area contributed by atoms with Gasteiger partial charge < -0.3 is 21.7 Å². The Kier molecular flexibility index (Phi) is 3.32. The Labute approximate surface area is 97.5 Å². The van der Waals surface area contributed by atoms with E-state index >= 15 is 0 Å². The maximum atomic E-state index is 11.2. The van der Waals surface area contributed by atoms with Crippen LogP contribution in [-0.2, 0) is 16.1 Å². The summed E-state index contributed by atoms with van der Waals surface area (Å²) in [7, 11) is 0. The van der Waals surface area contributed by atoms with Gasteiger partial charge in [0.05, 0.1) is 4.88 Å². The van der Waals surface area contributed by atoms with Gasteiger partial charge in [0.25, 0.3) is 5.01 Å². The Morgan fingerprint density at radius 2 is 2.14 bits per heavy atom. The van der Waals surface area contributed by atoms with Gasteiger partial charge in [-0.15, -0.1) is 0 Å². The highest BCUT2D eigenvalue weighted by Crippen LogP contribution is 2.26. The van der Waals surface area contributed by atoms with E-state index in [1.807, 2.05) is 13.8 Å². The molecule has 1 unspecified atom stereocenters. The molecule has 0 saturated heterocycles. The predicted octanol–water partition coefficient (Wildman–Crippen LogP) is -1.73. The monoisotopic (exact) mass is 277 g/mol. The minimum Gasteiger partial charge on any atom is -1.00 e. The number of fused-ring (bicyclic) bond motifs is 1. The van der Waals surface area contributed by atoms with Gasteiger partial charge in [-0.05, 0) is 13.8 Å². The van der Waals surface area contributed by atoms with Crippen LogP contribution in [0.2, 0.25) is 0 Å². The largest absolute Gasteiger partial charge is 1.00 e. The number of rotatable bonds is 0. The van der Waals surface area contributed by atoms with Crippen molar-refractivity contribution in [2.75, 3.05) is 0 Å². The molecular formula is C9H12BrNO2S. The number of hydrogen-bond donors (Lipinski definition) is 0. The molecule has 1 aliphatic heterocycles. The van der Waals surface area contributed by atoms with Crippen LogP contribution in [0.25, 0.3) is 0 Å². The van der Waals surface area contributed by atoms with Gasteiger partial charge in [-0.1, -0.05) is 11.3 Å². The molecular weight excluding hydrogens is 266 g/mol. The topological polar surface area (TPSA) is 30.2 Å². The first-order chi connectivity index (χ1) is 6.09. The van der Waals surface area contributed by atoms with Crippen LogP contribution in [-0.4, -0.2) is 5.97 Å². The molecule has 5 heteroatoms. The van der Waals surface area contributed by atoms with Crippen molar-refractivity contribution in [3.8, 4) is 0 Å². The lowest BCUT2D eigenvalue weighted by Crippen LogP contribution is -3.00. The number of aryl methyl sites for hydroxylation is 1. The smallest absolute Gasteiger partial charge is 0.373 e. The Morgan fingerprint density at radius 1 is 1.50 bits per heavy atom. The second-order valence-corrected chi connectivity index (χ2v) is 4.53. The Morgan fingerprint density at radius 3 is 2.79 bits per heavy atom. The fraction of sp³-hybridized carbons (Fsp3) is 0.556. The highest BCUT2D eigenvalue weighted by Gasteiger charge is 2.35. The summed E-state index contributed by atoms with van der Waals surface area (Å²) in [5.41, 5.74) is 1.18. The maximum Gasteiger partial charge on any atom is 0.373 e. The van der Waals surface area contributed by atoms with Crippen molar-refractivity contribution in [1.29, 1.82) is 0 Å². The third kappa shape index (κ3) is 1.70. The quantitative estimate of drug-likeness (QED) is 0.417. The number of esters is 1. The molecule has 78 valence electrons. The summed E-state index contributed by atoms with van der Waals surface area (Å²) in [6.45, 7) is 6.40. The fourth-order valence-corrected chi connectivity index (χ4v) is 2.65. The summed E-state index contributed by atoms with van der Waals surface area (Å²) in [6, 6.07) is 0. The molecule has 2 heterocycles. The van der Waals surface area contributed by atoms with Crippen LogP contribution in [0.4, 0.5) is 0 Å². The third-order valence-corrected chi connectivity index (χ3v) is 3.74. The highest BCUT2D eigenvalue weighted by atomic mass is 79.9. The molecule has 0 fully saturated rings. The molecule has 0 aliphatic carbocycles. The summed E-state index contributed by atoms with van der Waals surface area (Å²) >= 11 is 1.71. The minimum atomic E-state index is -0.133. The van der Waals surface area contributed by atoms with Gasteiger partial charge in [0, 0.05) is 6.92 Å². The lowest BCUT2D eigenvalue weighted by Gasteiger charge is -2.13. The lowest BCUT2D eigenvalue weighted by atomic mass is 10.3. The van der Waals surface area contributed by atoms with E-state index in [-0.39, 0.29) is 29.1 Å². The third-order valence-electron chi connectivity index (χ3n) is 2.38. The van der Waals surface area contributed by atoms with Gasteiger partial charge in [0.1, 0.15) is 0 Å². The van der Waals surface area contributed by atoms with Crippen LogP contribution in [0, 0.1) is 13.8 Å². The fourth-order valence-electron chi connectivity index (χ4n) is 1.55. The number of halogens is 1. The zero-order valence-electron chi connectivity index (χ0n) is 8.33. The number of carbonyl (C=O) groups excluding carboxylic acids is 1. The zero-order chi connectivity index (χ0) is 9.59. The Bertz CT molecular complexity index is 375. The summed E-state index contributed by atoms with van der Waals surface area (Å²) < 4.78 is 7.18. The molecule has 0 aromatic carbocycles. The van der Waals surface area contributed by atoms with Gasteiger partial charge in [0.15, 0.2) is 11.8 Å². The van der Waals surface area contributed by atoms with Crippen LogP contribution in [0.3, 0.4) is 0 Å². The van der Waals surface area contributed by atoms with Crippen molar-refractivity contribution in [2.24, 2.45) is 0 Å². The van der Waals surface area contributed by atoms with Gasteiger partial charge in [-0.2, -0.15) is 4.57 Å². The van der Waals surface area contributed by atoms with Crippen molar-refractivity contribution < 1.29 is 31.1 Å². The lowest BCUT2D eigenvalue weighted by molar-refractivity contribution is -0.703.